The summed E-state index contributed by atoms with van der Waals surface area (Å²) in [4.78, 5) is 12.2. The molecule has 0 amide bonds. The standard InChI is InChI=1S/C19H22O2/c1-14(2)21-18-10-8-17(9-11-18)19(20)12-7-16-6-4-5-15(3)13-16/h4-6,8-11,13-14H,7,12H2,1-3H3. The minimum atomic E-state index is 0.146. The van der Waals surface area contributed by atoms with Crippen molar-refractivity contribution in [3.05, 3.63) is 65.2 Å². The molecular formula is C19H22O2. The molecule has 0 bridgehead atoms. The molecule has 0 atom stereocenters. The van der Waals surface area contributed by atoms with E-state index in [1.807, 2.05) is 44.2 Å². The Balaban J connectivity index is 1.94. The Bertz CT molecular complexity index is 597. The topological polar surface area (TPSA) is 26.3 Å². The van der Waals surface area contributed by atoms with Crippen molar-refractivity contribution in [3.63, 3.8) is 0 Å². The second-order valence-electron chi connectivity index (χ2n) is 5.60. The van der Waals surface area contributed by atoms with E-state index in [9.17, 15) is 4.79 Å². The molecular weight excluding hydrogens is 260 g/mol. The molecule has 21 heavy (non-hydrogen) atoms. The summed E-state index contributed by atoms with van der Waals surface area (Å²) in [6.45, 7) is 6.04. The van der Waals surface area contributed by atoms with Crippen LogP contribution in [0.2, 0.25) is 0 Å². The van der Waals surface area contributed by atoms with Gasteiger partial charge in [-0.05, 0) is 57.0 Å². The summed E-state index contributed by atoms with van der Waals surface area (Å²) in [5.74, 6) is 0.979. The number of aryl methyl sites for hydroxylation is 2. The van der Waals surface area contributed by atoms with Gasteiger partial charge in [-0.25, -0.2) is 0 Å². The highest BCUT2D eigenvalue weighted by Gasteiger charge is 2.07. The van der Waals surface area contributed by atoms with Gasteiger partial charge < -0.3 is 4.74 Å². The fourth-order valence-corrected chi connectivity index (χ4v) is 2.26. The summed E-state index contributed by atoms with van der Waals surface area (Å²) in [5.41, 5.74) is 3.19. The molecule has 0 N–H and O–H groups in total. The van der Waals surface area contributed by atoms with E-state index < -0.39 is 0 Å². The zero-order chi connectivity index (χ0) is 15.2. The van der Waals surface area contributed by atoms with Crippen molar-refractivity contribution in [2.75, 3.05) is 0 Å². The lowest BCUT2D eigenvalue weighted by molar-refractivity contribution is 0.0983. The Kier molecular flexibility index (Phi) is 5.15. The van der Waals surface area contributed by atoms with Crippen LogP contribution in [0.3, 0.4) is 0 Å². The number of rotatable bonds is 6. The van der Waals surface area contributed by atoms with Gasteiger partial charge >= 0.3 is 0 Å². The maximum absolute atomic E-state index is 12.2. The fourth-order valence-electron chi connectivity index (χ4n) is 2.26. The maximum Gasteiger partial charge on any atom is 0.163 e. The molecule has 0 radical (unpaired) electrons. The lowest BCUT2D eigenvalue weighted by atomic mass is 10.0. The number of Topliss-reactive ketones (excluding diaryl/α,β-unsaturated/α-hetero) is 1. The van der Waals surface area contributed by atoms with Gasteiger partial charge in [-0.3, -0.25) is 4.79 Å². The highest BCUT2D eigenvalue weighted by molar-refractivity contribution is 5.96. The first kappa shape index (κ1) is 15.3. The van der Waals surface area contributed by atoms with Crippen LogP contribution in [0, 0.1) is 6.92 Å². The zero-order valence-electron chi connectivity index (χ0n) is 12.9. The van der Waals surface area contributed by atoms with Gasteiger partial charge in [0.2, 0.25) is 0 Å². The third-order valence-corrected chi connectivity index (χ3v) is 3.27. The Morgan fingerprint density at radius 3 is 2.43 bits per heavy atom. The van der Waals surface area contributed by atoms with E-state index in [4.69, 9.17) is 4.74 Å². The van der Waals surface area contributed by atoms with Crippen LogP contribution in [0.15, 0.2) is 48.5 Å². The molecule has 0 fully saturated rings. The van der Waals surface area contributed by atoms with Crippen molar-refractivity contribution in [2.24, 2.45) is 0 Å². The largest absolute Gasteiger partial charge is 0.491 e. The van der Waals surface area contributed by atoms with Gasteiger partial charge in [0.1, 0.15) is 5.75 Å². The second-order valence-corrected chi connectivity index (χ2v) is 5.60. The minimum Gasteiger partial charge on any atom is -0.491 e. The predicted molar refractivity (Wildman–Crippen MR) is 86.0 cm³/mol. The van der Waals surface area contributed by atoms with Gasteiger partial charge in [-0.2, -0.15) is 0 Å². The average Bonchev–Trinajstić information content (AvgIpc) is 2.45. The molecule has 0 spiro atoms. The zero-order valence-corrected chi connectivity index (χ0v) is 12.9. The SMILES string of the molecule is Cc1cccc(CCC(=O)c2ccc(OC(C)C)cc2)c1. The van der Waals surface area contributed by atoms with E-state index in [-0.39, 0.29) is 11.9 Å². The molecule has 2 aromatic carbocycles. The maximum atomic E-state index is 12.2. The quantitative estimate of drug-likeness (QED) is 0.724. The molecule has 2 heteroatoms. The van der Waals surface area contributed by atoms with Crippen molar-refractivity contribution >= 4 is 5.78 Å². The molecule has 0 aliphatic carbocycles. The smallest absolute Gasteiger partial charge is 0.163 e. The van der Waals surface area contributed by atoms with E-state index >= 15 is 0 Å². The number of hydrogen-bond donors (Lipinski definition) is 0. The van der Waals surface area contributed by atoms with Crippen molar-refractivity contribution in [3.8, 4) is 5.75 Å². The number of ether oxygens (including phenoxy) is 1. The normalized spacial score (nSPS) is 10.7. The van der Waals surface area contributed by atoms with Crippen LogP contribution in [0.5, 0.6) is 5.75 Å². The lowest BCUT2D eigenvalue weighted by Gasteiger charge is -2.09. The van der Waals surface area contributed by atoms with Crippen LogP contribution < -0.4 is 4.74 Å². The van der Waals surface area contributed by atoms with Crippen LogP contribution in [0.25, 0.3) is 0 Å². The van der Waals surface area contributed by atoms with Crippen LogP contribution in [0.1, 0.15) is 41.8 Å². The van der Waals surface area contributed by atoms with Crippen LogP contribution in [0.4, 0.5) is 0 Å². The third-order valence-electron chi connectivity index (χ3n) is 3.27. The number of carbonyl (C=O) groups excluding carboxylic acids is 1. The van der Waals surface area contributed by atoms with Crippen molar-refractivity contribution in [1.82, 2.24) is 0 Å². The summed E-state index contributed by atoms with van der Waals surface area (Å²) in [7, 11) is 0. The fraction of sp³-hybridized carbons (Fsp3) is 0.316. The van der Waals surface area contributed by atoms with Crippen molar-refractivity contribution in [2.45, 2.75) is 39.7 Å². The van der Waals surface area contributed by atoms with E-state index in [1.54, 1.807) is 0 Å². The Morgan fingerprint density at radius 1 is 1.10 bits per heavy atom. The second kappa shape index (κ2) is 7.07. The molecule has 2 nitrogen and oxygen atoms in total. The Morgan fingerprint density at radius 2 is 1.81 bits per heavy atom. The molecule has 0 aliphatic heterocycles. The summed E-state index contributed by atoms with van der Waals surface area (Å²) < 4.78 is 5.58. The molecule has 0 unspecified atom stereocenters. The van der Waals surface area contributed by atoms with Gasteiger partial charge in [-0.1, -0.05) is 29.8 Å². The van der Waals surface area contributed by atoms with E-state index in [0.717, 1.165) is 17.7 Å². The monoisotopic (exact) mass is 282 g/mol. The van der Waals surface area contributed by atoms with E-state index in [1.165, 1.54) is 11.1 Å². The van der Waals surface area contributed by atoms with Crippen LogP contribution >= 0.6 is 0 Å². The predicted octanol–water partition coefficient (Wildman–Crippen LogP) is 4.60. The summed E-state index contributed by atoms with van der Waals surface area (Å²) in [5, 5.41) is 0. The molecule has 2 aromatic rings. The molecule has 0 saturated carbocycles. The van der Waals surface area contributed by atoms with Gasteiger partial charge in [-0.15, -0.1) is 0 Å². The first-order valence-corrected chi connectivity index (χ1v) is 7.40. The first-order chi connectivity index (χ1) is 10.0. The Hall–Kier alpha value is -2.09. The third kappa shape index (κ3) is 4.75. The Labute approximate surface area is 126 Å². The van der Waals surface area contributed by atoms with Crippen molar-refractivity contribution < 1.29 is 9.53 Å². The van der Waals surface area contributed by atoms with Gasteiger partial charge in [0.25, 0.3) is 0 Å². The molecule has 0 saturated heterocycles. The van der Waals surface area contributed by atoms with Gasteiger partial charge in [0.15, 0.2) is 5.78 Å². The number of ketones is 1. The number of carbonyl (C=O) groups is 1. The van der Waals surface area contributed by atoms with Gasteiger partial charge in [0, 0.05) is 12.0 Å². The first-order valence-electron chi connectivity index (χ1n) is 7.40. The van der Waals surface area contributed by atoms with E-state index in [0.29, 0.717) is 6.42 Å². The summed E-state index contributed by atoms with van der Waals surface area (Å²) in [6.07, 6.45) is 1.46. The molecule has 0 aliphatic rings. The molecule has 0 aromatic heterocycles. The van der Waals surface area contributed by atoms with Crippen LogP contribution in [-0.2, 0) is 6.42 Å². The summed E-state index contributed by atoms with van der Waals surface area (Å²) in [6, 6.07) is 15.7. The summed E-state index contributed by atoms with van der Waals surface area (Å²) >= 11 is 0. The number of hydrogen-bond acceptors (Lipinski definition) is 2. The van der Waals surface area contributed by atoms with Crippen LogP contribution in [-0.4, -0.2) is 11.9 Å². The average molecular weight is 282 g/mol. The lowest BCUT2D eigenvalue weighted by Crippen LogP contribution is -2.06. The van der Waals surface area contributed by atoms with E-state index in [2.05, 4.69) is 25.1 Å². The minimum absolute atomic E-state index is 0.146. The van der Waals surface area contributed by atoms with Gasteiger partial charge in [0.05, 0.1) is 6.10 Å². The number of benzene rings is 2. The van der Waals surface area contributed by atoms with Crippen molar-refractivity contribution in [1.29, 1.82) is 0 Å². The molecule has 2 rings (SSSR count). The highest BCUT2D eigenvalue weighted by Crippen LogP contribution is 2.16. The molecule has 0 heterocycles. The highest BCUT2D eigenvalue weighted by atomic mass is 16.5. The molecule has 110 valence electrons.